The van der Waals surface area contributed by atoms with Gasteiger partial charge in [0.15, 0.2) is 0 Å². The second kappa shape index (κ2) is 1.50. The van der Waals surface area contributed by atoms with Crippen LogP contribution in [0.25, 0.3) is 0 Å². The number of rotatable bonds is 2. The van der Waals surface area contributed by atoms with E-state index in [1.54, 1.807) is 0 Å². The third-order valence-corrected chi connectivity index (χ3v) is 3.25. The van der Waals surface area contributed by atoms with Crippen LogP contribution in [0.1, 0.15) is 26.2 Å². The van der Waals surface area contributed by atoms with Crippen LogP contribution >= 0.6 is 0 Å². The molecule has 0 heterocycles. The van der Waals surface area contributed by atoms with Crippen molar-refractivity contribution in [2.45, 2.75) is 32.1 Å². The molecule has 3 rings (SSSR count). The largest absolute Gasteiger partial charge is 0.303 e. The summed E-state index contributed by atoms with van der Waals surface area (Å²) in [7, 11) is 0. The van der Waals surface area contributed by atoms with Crippen molar-refractivity contribution in [3.05, 3.63) is 0 Å². The Morgan fingerprint density at radius 1 is 1.36 bits per heavy atom. The Morgan fingerprint density at radius 2 is 1.82 bits per heavy atom. The van der Waals surface area contributed by atoms with Crippen molar-refractivity contribution in [1.82, 2.24) is 0 Å². The highest BCUT2D eigenvalue weighted by atomic mass is 19.3. The van der Waals surface area contributed by atoms with Crippen molar-refractivity contribution >= 4 is 6.29 Å². The van der Waals surface area contributed by atoms with Gasteiger partial charge in [-0.2, -0.15) is 0 Å². The van der Waals surface area contributed by atoms with Crippen LogP contribution in [0.2, 0.25) is 0 Å². The highest BCUT2D eigenvalue weighted by Gasteiger charge is 2.75. The van der Waals surface area contributed by atoms with Gasteiger partial charge in [-0.1, -0.05) is 0 Å². The molecule has 3 fully saturated rings. The molecule has 0 aromatic rings. The number of halogens is 2. The van der Waals surface area contributed by atoms with Crippen LogP contribution in [0.3, 0.4) is 0 Å². The average Bonchev–Trinajstić information content (AvgIpc) is 1.53. The second-order valence-electron chi connectivity index (χ2n) is 4.18. The van der Waals surface area contributed by atoms with Gasteiger partial charge in [-0.3, -0.25) is 0 Å². The molecular formula is C8H10F2O. The summed E-state index contributed by atoms with van der Waals surface area (Å²) >= 11 is 0. The zero-order valence-electron chi connectivity index (χ0n) is 6.36. The van der Waals surface area contributed by atoms with Crippen LogP contribution in [-0.2, 0) is 4.79 Å². The van der Waals surface area contributed by atoms with Crippen molar-refractivity contribution in [3.63, 3.8) is 0 Å². The Kier molecular flexibility index (Phi) is 0.978. The summed E-state index contributed by atoms with van der Waals surface area (Å²) in [6.07, 6.45) is 2.08. The normalized spacial score (nSPS) is 47.5. The van der Waals surface area contributed by atoms with Crippen molar-refractivity contribution < 1.29 is 13.6 Å². The summed E-state index contributed by atoms with van der Waals surface area (Å²) < 4.78 is 25.6. The Morgan fingerprint density at radius 3 is 2.09 bits per heavy atom. The molecule has 0 aromatic carbocycles. The van der Waals surface area contributed by atoms with Crippen LogP contribution in [0.5, 0.6) is 0 Å². The summed E-state index contributed by atoms with van der Waals surface area (Å²) in [6.45, 7) is 0.959. The predicted octanol–water partition coefficient (Wildman–Crippen LogP) is 2.01. The fraction of sp³-hybridized carbons (Fsp3) is 0.875. The minimum atomic E-state index is -2.59. The molecule has 0 atom stereocenters. The Balaban J connectivity index is 2.10. The van der Waals surface area contributed by atoms with E-state index in [4.69, 9.17) is 0 Å². The molecule has 1 nitrogen and oxygen atoms in total. The molecule has 2 bridgehead atoms. The Hall–Kier alpha value is -0.470. The third kappa shape index (κ3) is 0.620. The molecule has 0 aromatic heterocycles. The van der Waals surface area contributed by atoms with Gasteiger partial charge in [0.1, 0.15) is 6.29 Å². The van der Waals surface area contributed by atoms with Gasteiger partial charge >= 0.3 is 0 Å². The van der Waals surface area contributed by atoms with Crippen LogP contribution in [0, 0.1) is 10.8 Å². The number of hydrogen-bond donors (Lipinski definition) is 0. The van der Waals surface area contributed by atoms with Crippen LogP contribution in [0.4, 0.5) is 8.78 Å². The molecule has 3 aliphatic carbocycles. The molecule has 0 unspecified atom stereocenters. The van der Waals surface area contributed by atoms with Gasteiger partial charge in [0, 0.05) is 10.8 Å². The molecule has 0 aliphatic heterocycles. The van der Waals surface area contributed by atoms with Gasteiger partial charge < -0.3 is 4.79 Å². The number of carbonyl (C=O) groups excluding carboxylic acids is 1. The maximum absolute atomic E-state index is 12.8. The van der Waals surface area contributed by atoms with E-state index in [0.29, 0.717) is 19.3 Å². The first-order valence-electron chi connectivity index (χ1n) is 3.77. The topological polar surface area (TPSA) is 17.1 Å². The molecule has 3 heteroatoms. The van der Waals surface area contributed by atoms with Gasteiger partial charge in [0.05, 0.1) is 0 Å². The SMILES string of the molecule is CC(F)(F)C12CC(C=O)(C1)C2. The molecule has 11 heavy (non-hydrogen) atoms. The van der Waals surface area contributed by atoms with E-state index in [1.807, 2.05) is 0 Å². The molecule has 3 aliphatic rings. The van der Waals surface area contributed by atoms with E-state index in [-0.39, 0.29) is 5.41 Å². The van der Waals surface area contributed by atoms with E-state index >= 15 is 0 Å². The first-order valence-corrected chi connectivity index (χ1v) is 3.77. The zero-order valence-corrected chi connectivity index (χ0v) is 6.36. The first kappa shape index (κ1) is 7.19. The molecule has 0 radical (unpaired) electrons. The van der Waals surface area contributed by atoms with Gasteiger partial charge in [0.2, 0.25) is 0 Å². The van der Waals surface area contributed by atoms with Gasteiger partial charge in [0.25, 0.3) is 5.92 Å². The molecule has 0 amide bonds. The maximum Gasteiger partial charge on any atom is 0.251 e. The number of aldehydes is 1. The van der Waals surface area contributed by atoms with E-state index < -0.39 is 11.3 Å². The van der Waals surface area contributed by atoms with E-state index in [2.05, 4.69) is 0 Å². The second-order valence-corrected chi connectivity index (χ2v) is 4.18. The van der Waals surface area contributed by atoms with Crippen molar-refractivity contribution in [1.29, 1.82) is 0 Å². The van der Waals surface area contributed by atoms with Gasteiger partial charge in [-0.25, -0.2) is 8.78 Å². The van der Waals surface area contributed by atoms with Crippen molar-refractivity contribution in [2.24, 2.45) is 10.8 Å². The molecule has 0 N–H and O–H groups in total. The lowest BCUT2D eigenvalue weighted by atomic mass is 9.34. The van der Waals surface area contributed by atoms with Crippen molar-refractivity contribution in [2.75, 3.05) is 0 Å². The summed E-state index contributed by atoms with van der Waals surface area (Å²) in [5.41, 5.74) is -1.13. The van der Waals surface area contributed by atoms with Crippen LogP contribution < -0.4 is 0 Å². The fourth-order valence-corrected chi connectivity index (χ4v) is 2.46. The number of hydrogen-bond acceptors (Lipinski definition) is 1. The molecule has 62 valence electrons. The zero-order chi connectivity index (χ0) is 8.33. The third-order valence-electron chi connectivity index (χ3n) is 3.25. The molecule has 3 saturated carbocycles. The summed E-state index contributed by atoms with van der Waals surface area (Å²) in [4.78, 5) is 10.4. The lowest BCUT2D eigenvalue weighted by molar-refractivity contribution is -0.290. The minimum Gasteiger partial charge on any atom is -0.303 e. The first-order chi connectivity index (χ1) is 4.93. The summed E-state index contributed by atoms with van der Waals surface area (Å²) in [5.74, 6) is -2.59. The summed E-state index contributed by atoms with van der Waals surface area (Å²) in [6, 6.07) is 0. The Labute approximate surface area is 63.8 Å². The molecular weight excluding hydrogens is 150 g/mol. The maximum atomic E-state index is 12.8. The lowest BCUT2D eigenvalue weighted by Gasteiger charge is -2.69. The number of carbonyl (C=O) groups is 1. The van der Waals surface area contributed by atoms with E-state index in [1.165, 1.54) is 0 Å². The monoisotopic (exact) mass is 160 g/mol. The summed E-state index contributed by atoms with van der Waals surface area (Å²) in [5, 5.41) is 0. The van der Waals surface area contributed by atoms with Gasteiger partial charge in [-0.15, -0.1) is 0 Å². The highest BCUT2D eigenvalue weighted by molar-refractivity contribution is 5.66. The van der Waals surface area contributed by atoms with E-state index in [0.717, 1.165) is 13.2 Å². The predicted molar refractivity (Wildman–Crippen MR) is 35.4 cm³/mol. The standard InChI is InChI=1S/C8H10F2O/c1-6(9,10)8-2-7(3-8,4-8)5-11/h5H,2-4H2,1H3. The number of alkyl halides is 2. The molecule has 0 spiro atoms. The lowest BCUT2D eigenvalue weighted by Crippen LogP contribution is -2.69. The quantitative estimate of drug-likeness (QED) is 0.565. The van der Waals surface area contributed by atoms with Crippen LogP contribution in [0.15, 0.2) is 0 Å². The fourth-order valence-electron chi connectivity index (χ4n) is 2.46. The smallest absolute Gasteiger partial charge is 0.251 e. The van der Waals surface area contributed by atoms with Crippen LogP contribution in [-0.4, -0.2) is 12.2 Å². The average molecular weight is 160 g/mol. The minimum absolute atomic E-state index is 0.334. The Bertz CT molecular complexity index is 197. The highest BCUT2D eigenvalue weighted by Crippen LogP contribution is 2.77. The molecule has 0 saturated heterocycles. The van der Waals surface area contributed by atoms with E-state index in [9.17, 15) is 13.6 Å². The van der Waals surface area contributed by atoms with Gasteiger partial charge in [-0.05, 0) is 26.2 Å². The van der Waals surface area contributed by atoms with Crippen molar-refractivity contribution in [3.8, 4) is 0 Å².